The zero-order chi connectivity index (χ0) is 13.5. The Morgan fingerprint density at radius 1 is 1.50 bits per heavy atom. The second-order valence-electron chi connectivity index (χ2n) is 4.40. The Kier molecular flexibility index (Phi) is 5.46. The monoisotopic (exact) mass is 254 g/mol. The molecule has 1 aliphatic rings. The van der Waals surface area contributed by atoms with Crippen LogP contribution in [0.2, 0.25) is 0 Å². The molecule has 0 heterocycles. The number of urea groups is 1. The summed E-state index contributed by atoms with van der Waals surface area (Å²) in [6.07, 6.45) is 5.96. The van der Waals surface area contributed by atoms with Crippen molar-refractivity contribution in [1.29, 1.82) is 0 Å². The third-order valence-corrected chi connectivity index (χ3v) is 2.72. The minimum atomic E-state index is -1.45. The Bertz CT molecular complexity index is 346. The molecule has 0 saturated heterocycles. The first-order chi connectivity index (χ1) is 8.54. The summed E-state index contributed by atoms with van der Waals surface area (Å²) in [5, 5.41) is 20.1. The number of amides is 2. The number of carbonyl (C=O) groups is 2. The van der Waals surface area contributed by atoms with E-state index in [2.05, 4.69) is 11.2 Å². The molecule has 18 heavy (non-hydrogen) atoms. The Balaban J connectivity index is 2.27. The number of aliphatic carboxylic acids is 1. The van der Waals surface area contributed by atoms with E-state index in [-0.39, 0.29) is 25.5 Å². The van der Waals surface area contributed by atoms with Gasteiger partial charge in [-0.2, -0.15) is 0 Å². The molecule has 1 atom stereocenters. The van der Waals surface area contributed by atoms with Crippen LogP contribution in [0.3, 0.4) is 0 Å². The highest BCUT2D eigenvalue weighted by Gasteiger charge is 2.26. The van der Waals surface area contributed by atoms with Crippen LogP contribution in [0, 0.1) is 18.3 Å². The van der Waals surface area contributed by atoms with Crippen LogP contribution in [0.5, 0.6) is 0 Å². The average molecular weight is 254 g/mol. The van der Waals surface area contributed by atoms with Crippen molar-refractivity contribution in [2.24, 2.45) is 5.92 Å². The maximum atomic E-state index is 11.7. The summed E-state index contributed by atoms with van der Waals surface area (Å²) in [6, 6.07) is -0.308. The first kappa shape index (κ1) is 14.3. The molecule has 0 radical (unpaired) electrons. The normalized spacial score (nSPS) is 15.6. The smallest absolute Gasteiger partial charge is 0.332 e. The number of hydrogen-bond donors (Lipinski definition) is 3. The number of carbonyl (C=O) groups excluding carboxylic acids is 1. The maximum absolute atomic E-state index is 11.7. The zero-order valence-electron chi connectivity index (χ0n) is 10.1. The lowest BCUT2D eigenvalue weighted by Gasteiger charge is -2.20. The van der Waals surface area contributed by atoms with Crippen molar-refractivity contribution in [1.82, 2.24) is 10.2 Å². The molecule has 0 aromatic heterocycles. The molecule has 3 N–H and O–H groups in total. The van der Waals surface area contributed by atoms with E-state index in [0.29, 0.717) is 12.5 Å². The quantitative estimate of drug-likeness (QED) is 0.552. The maximum Gasteiger partial charge on any atom is 0.332 e. The molecule has 0 aromatic carbocycles. The lowest BCUT2D eigenvalue weighted by molar-refractivity contribution is -0.146. The molecule has 1 saturated carbocycles. The van der Waals surface area contributed by atoms with Crippen molar-refractivity contribution in [2.45, 2.75) is 25.4 Å². The third kappa shape index (κ3) is 5.06. The van der Waals surface area contributed by atoms with Gasteiger partial charge in [0.2, 0.25) is 0 Å². The summed E-state index contributed by atoms with van der Waals surface area (Å²) in [4.78, 5) is 23.6. The fraction of sp³-hybridized carbons (Fsp3) is 0.667. The van der Waals surface area contributed by atoms with Gasteiger partial charge in [0, 0.05) is 19.5 Å². The van der Waals surface area contributed by atoms with Gasteiger partial charge in [0.15, 0.2) is 6.10 Å². The SMILES string of the molecule is C#CCN(CC1CC1)C(=O)NCC[C@H](O)C(=O)O. The Morgan fingerprint density at radius 3 is 2.67 bits per heavy atom. The number of nitrogens with one attached hydrogen (secondary N) is 1. The predicted molar refractivity (Wildman–Crippen MR) is 64.8 cm³/mol. The first-order valence-electron chi connectivity index (χ1n) is 5.91. The molecular formula is C12H18N2O4. The van der Waals surface area contributed by atoms with E-state index in [4.69, 9.17) is 16.6 Å². The molecule has 0 aromatic rings. The van der Waals surface area contributed by atoms with E-state index in [9.17, 15) is 9.59 Å². The molecule has 0 spiro atoms. The number of carboxylic acids is 1. The topological polar surface area (TPSA) is 89.9 Å². The number of terminal acetylenes is 1. The highest BCUT2D eigenvalue weighted by Crippen LogP contribution is 2.29. The van der Waals surface area contributed by atoms with Gasteiger partial charge in [0.25, 0.3) is 0 Å². The number of aliphatic hydroxyl groups is 1. The van der Waals surface area contributed by atoms with Crippen molar-refractivity contribution in [3.63, 3.8) is 0 Å². The summed E-state index contributed by atoms with van der Waals surface area (Å²) < 4.78 is 0. The summed E-state index contributed by atoms with van der Waals surface area (Å²) in [5.41, 5.74) is 0. The van der Waals surface area contributed by atoms with Crippen LogP contribution in [0.1, 0.15) is 19.3 Å². The van der Waals surface area contributed by atoms with Crippen molar-refractivity contribution < 1.29 is 19.8 Å². The predicted octanol–water partition coefficient (Wildman–Crippen LogP) is -0.123. The first-order valence-corrected chi connectivity index (χ1v) is 5.91. The van der Waals surface area contributed by atoms with Gasteiger partial charge in [-0.05, 0) is 18.8 Å². The van der Waals surface area contributed by atoms with Crippen LogP contribution in [0.4, 0.5) is 4.79 Å². The summed E-state index contributed by atoms with van der Waals surface area (Å²) in [6.45, 7) is 0.985. The van der Waals surface area contributed by atoms with E-state index >= 15 is 0 Å². The minimum Gasteiger partial charge on any atom is -0.479 e. The minimum absolute atomic E-state index is 0.0194. The van der Waals surface area contributed by atoms with Gasteiger partial charge in [-0.25, -0.2) is 9.59 Å². The fourth-order valence-electron chi connectivity index (χ4n) is 1.49. The zero-order valence-corrected chi connectivity index (χ0v) is 10.1. The summed E-state index contributed by atoms with van der Waals surface area (Å²) in [7, 11) is 0. The van der Waals surface area contributed by atoms with Crippen LogP contribution in [-0.4, -0.2) is 52.9 Å². The number of carboxylic acid groups (broad SMARTS) is 1. The van der Waals surface area contributed by atoms with Gasteiger partial charge in [0.1, 0.15) is 0 Å². The van der Waals surface area contributed by atoms with Gasteiger partial charge in [-0.1, -0.05) is 5.92 Å². The van der Waals surface area contributed by atoms with E-state index in [0.717, 1.165) is 12.8 Å². The van der Waals surface area contributed by atoms with Crippen LogP contribution in [-0.2, 0) is 4.79 Å². The largest absolute Gasteiger partial charge is 0.479 e. The molecule has 6 heteroatoms. The number of rotatable bonds is 7. The molecular weight excluding hydrogens is 236 g/mol. The lowest BCUT2D eigenvalue weighted by Crippen LogP contribution is -2.42. The van der Waals surface area contributed by atoms with Gasteiger partial charge in [-0.15, -0.1) is 6.42 Å². The van der Waals surface area contributed by atoms with Gasteiger partial charge >= 0.3 is 12.0 Å². The molecule has 6 nitrogen and oxygen atoms in total. The summed E-state index contributed by atoms with van der Waals surface area (Å²) in [5.74, 6) is 1.67. The van der Waals surface area contributed by atoms with Crippen molar-refractivity contribution in [3.05, 3.63) is 0 Å². The van der Waals surface area contributed by atoms with Crippen LogP contribution in [0.25, 0.3) is 0 Å². The van der Waals surface area contributed by atoms with Gasteiger partial charge in [-0.3, -0.25) is 0 Å². The Hall–Kier alpha value is -1.74. The molecule has 1 rings (SSSR count). The van der Waals surface area contributed by atoms with E-state index < -0.39 is 12.1 Å². The summed E-state index contributed by atoms with van der Waals surface area (Å²) >= 11 is 0. The molecule has 0 aliphatic heterocycles. The van der Waals surface area contributed by atoms with Gasteiger partial charge < -0.3 is 20.4 Å². The molecule has 0 unspecified atom stereocenters. The number of aliphatic hydroxyl groups excluding tert-OH is 1. The van der Waals surface area contributed by atoms with Crippen LogP contribution in [0.15, 0.2) is 0 Å². The Labute approximate surface area is 106 Å². The molecule has 0 bridgehead atoms. The number of nitrogens with zero attached hydrogens (tertiary/aromatic N) is 1. The molecule has 100 valence electrons. The third-order valence-electron chi connectivity index (χ3n) is 2.72. The highest BCUT2D eigenvalue weighted by molar-refractivity contribution is 5.75. The van der Waals surface area contributed by atoms with Crippen LogP contribution >= 0.6 is 0 Å². The fourth-order valence-corrected chi connectivity index (χ4v) is 1.49. The lowest BCUT2D eigenvalue weighted by atomic mass is 10.2. The average Bonchev–Trinajstić information content (AvgIpc) is 3.12. The molecule has 1 aliphatic carbocycles. The number of hydrogen-bond acceptors (Lipinski definition) is 3. The van der Waals surface area contributed by atoms with Crippen molar-refractivity contribution >= 4 is 12.0 Å². The van der Waals surface area contributed by atoms with E-state index in [1.807, 2.05) is 0 Å². The molecule has 1 fully saturated rings. The Morgan fingerprint density at radius 2 is 2.17 bits per heavy atom. The second-order valence-corrected chi connectivity index (χ2v) is 4.40. The van der Waals surface area contributed by atoms with Crippen molar-refractivity contribution in [3.8, 4) is 12.3 Å². The van der Waals surface area contributed by atoms with E-state index in [1.165, 1.54) is 4.90 Å². The van der Waals surface area contributed by atoms with Gasteiger partial charge in [0.05, 0.1) is 6.54 Å². The molecule has 2 amide bonds. The standard InChI is InChI=1S/C12H18N2O4/c1-2-7-14(8-9-3-4-9)12(18)13-6-5-10(15)11(16)17/h1,9-10,15H,3-8H2,(H,13,18)(H,16,17)/t10-/m0/s1. The van der Waals surface area contributed by atoms with E-state index in [1.54, 1.807) is 0 Å². The van der Waals surface area contributed by atoms with Crippen molar-refractivity contribution in [2.75, 3.05) is 19.6 Å². The second kappa shape index (κ2) is 6.87. The highest BCUT2D eigenvalue weighted by atomic mass is 16.4. The van der Waals surface area contributed by atoms with Crippen LogP contribution < -0.4 is 5.32 Å².